The fourth-order valence-electron chi connectivity index (χ4n) is 0.574. The highest BCUT2D eigenvalue weighted by Gasteiger charge is 1.82. The molecule has 0 atom stereocenters. The Balaban J connectivity index is 3.95. The van der Waals surface area contributed by atoms with Crippen molar-refractivity contribution in [2.75, 3.05) is 0 Å². The van der Waals surface area contributed by atoms with E-state index < -0.39 is 0 Å². The summed E-state index contributed by atoms with van der Waals surface area (Å²) in [7, 11) is 0. The van der Waals surface area contributed by atoms with E-state index in [0.29, 0.717) is 0 Å². The van der Waals surface area contributed by atoms with E-state index in [0.717, 1.165) is 6.42 Å². The summed E-state index contributed by atoms with van der Waals surface area (Å²) in [5.74, 6) is 0. The lowest BCUT2D eigenvalue weighted by atomic mass is 10.1. The highest BCUT2D eigenvalue weighted by atomic mass is 13.9. The fraction of sp³-hybridized carbons (Fsp3) is 0.556. The Bertz CT molecular complexity index is 127. The summed E-state index contributed by atoms with van der Waals surface area (Å²) in [5.41, 5.74) is 2.81. The van der Waals surface area contributed by atoms with Crippen molar-refractivity contribution in [1.29, 1.82) is 0 Å². The molecule has 0 aromatic carbocycles. The Morgan fingerprint density at radius 3 is 2.22 bits per heavy atom. The summed E-state index contributed by atoms with van der Waals surface area (Å²) in [6.07, 6.45) is 5.50. The minimum absolute atomic E-state index is 1.16. The minimum Gasteiger partial charge on any atom is -0.0847 e. The third-order valence-electron chi connectivity index (χ3n) is 1.49. The van der Waals surface area contributed by atoms with E-state index in [2.05, 4.69) is 39.8 Å². The lowest BCUT2D eigenvalue weighted by Crippen LogP contribution is -1.72. The molecule has 0 unspecified atom stereocenters. The van der Waals surface area contributed by atoms with E-state index in [1.54, 1.807) is 0 Å². The van der Waals surface area contributed by atoms with Crippen molar-refractivity contribution in [2.24, 2.45) is 0 Å². The number of rotatable bonds is 2. The van der Waals surface area contributed by atoms with E-state index in [-0.39, 0.29) is 0 Å². The van der Waals surface area contributed by atoms with Crippen LogP contribution in [0.3, 0.4) is 0 Å². The predicted molar refractivity (Wildman–Crippen MR) is 43.5 cm³/mol. The van der Waals surface area contributed by atoms with Crippen LogP contribution in [-0.4, -0.2) is 0 Å². The van der Waals surface area contributed by atoms with Crippen molar-refractivity contribution in [3.63, 3.8) is 0 Å². The van der Waals surface area contributed by atoms with Crippen molar-refractivity contribution in [2.45, 2.75) is 34.1 Å². The first-order valence-electron chi connectivity index (χ1n) is 3.50. The van der Waals surface area contributed by atoms with Gasteiger partial charge in [-0.2, -0.15) is 0 Å². The summed E-state index contributed by atoms with van der Waals surface area (Å²) in [6, 6.07) is 0. The van der Waals surface area contributed by atoms with Gasteiger partial charge in [0.25, 0.3) is 0 Å². The van der Waals surface area contributed by atoms with Crippen LogP contribution < -0.4 is 0 Å². The molecule has 0 aliphatic heterocycles. The van der Waals surface area contributed by atoms with Gasteiger partial charge in [-0.25, -0.2) is 0 Å². The molecule has 0 saturated carbocycles. The maximum absolute atomic E-state index is 2.22. The topological polar surface area (TPSA) is 0 Å². The van der Waals surface area contributed by atoms with Crippen LogP contribution in [0.1, 0.15) is 34.1 Å². The normalized spacial score (nSPS) is 14.2. The van der Waals surface area contributed by atoms with E-state index in [1.807, 2.05) is 0 Å². The van der Waals surface area contributed by atoms with Crippen molar-refractivity contribution in [3.05, 3.63) is 23.3 Å². The maximum atomic E-state index is 2.22. The van der Waals surface area contributed by atoms with Gasteiger partial charge in [-0.05, 0) is 27.2 Å². The largest absolute Gasteiger partial charge is 0.0847 e. The Kier molecular flexibility index (Phi) is 4.12. The number of allylic oxidation sites excluding steroid dienone is 4. The van der Waals surface area contributed by atoms with Crippen molar-refractivity contribution in [3.8, 4) is 0 Å². The number of hydrogen-bond donors (Lipinski definition) is 0. The maximum Gasteiger partial charge on any atom is -0.0348 e. The van der Waals surface area contributed by atoms with E-state index >= 15 is 0 Å². The summed E-state index contributed by atoms with van der Waals surface area (Å²) < 4.78 is 0. The second-order valence-corrected chi connectivity index (χ2v) is 2.38. The Morgan fingerprint density at radius 2 is 1.89 bits per heavy atom. The van der Waals surface area contributed by atoms with Crippen molar-refractivity contribution in [1.82, 2.24) is 0 Å². The van der Waals surface area contributed by atoms with Gasteiger partial charge in [0.15, 0.2) is 0 Å². The van der Waals surface area contributed by atoms with Crippen LogP contribution in [0.2, 0.25) is 0 Å². The molecule has 0 rings (SSSR count). The highest BCUT2D eigenvalue weighted by molar-refractivity contribution is 5.19. The van der Waals surface area contributed by atoms with Gasteiger partial charge in [0, 0.05) is 0 Å². The molecule has 0 heteroatoms. The average molecular weight is 124 g/mol. The molecule has 0 bridgehead atoms. The van der Waals surface area contributed by atoms with Gasteiger partial charge in [0.2, 0.25) is 0 Å². The molecule has 0 aromatic heterocycles. The highest BCUT2D eigenvalue weighted by Crippen LogP contribution is 2.03. The molecule has 0 heterocycles. The predicted octanol–water partition coefficient (Wildman–Crippen LogP) is 3.31. The summed E-state index contributed by atoms with van der Waals surface area (Å²) >= 11 is 0. The van der Waals surface area contributed by atoms with Crippen LogP contribution in [-0.2, 0) is 0 Å². The number of hydrogen-bond acceptors (Lipinski definition) is 0. The summed E-state index contributed by atoms with van der Waals surface area (Å²) in [4.78, 5) is 0. The molecule has 0 amide bonds. The first-order valence-corrected chi connectivity index (χ1v) is 3.50. The van der Waals surface area contributed by atoms with Crippen LogP contribution in [0.15, 0.2) is 23.3 Å². The second-order valence-electron chi connectivity index (χ2n) is 2.38. The van der Waals surface area contributed by atoms with Crippen molar-refractivity contribution < 1.29 is 0 Å². The SMILES string of the molecule is CC=C(C)C=C(C)CC. The van der Waals surface area contributed by atoms with E-state index in [1.165, 1.54) is 11.1 Å². The fourth-order valence-corrected chi connectivity index (χ4v) is 0.574. The van der Waals surface area contributed by atoms with Gasteiger partial charge in [-0.3, -0.25) is 0 Å². The zero-order chi connectivity index (χ0) is 7.28. The second kappa shape index (κ2) is 4.37. The molecular weight excluding hydrogens is 108 g/mol. The van der Waals surface area contributed by atoms with Gasteiger partial charge in [-0.15, -0.1) is 0 Å². The molecular formula is C9H16. The molecule has 0 fully saturated rings. The molecule has 0 aliphatic rings. The Morgan fingerprint density at radius 1 is 1.33 bits per heavy atom. The smallest absolute Gasteiger partial charge is 0.0348 e. The zero-order valence-electron chi connectivity index (χ0n) is 6.86. The van der Waals surface area contributed by atoms with Gasteiger partial charge < -0.3 is 0 Å². The molecule has 52 valence electrons. The van der Waals surface area contributed by atoms with Gasteiger partial charge in [-0.1, -0.05) is 30.2 Å². The average Bonchev–Trinajstić information content (AvgIpc) is 1.87. The van der Waals surface area contributed by atoms with Gasteiger partial charge in [0.05, 0.1) is 0 Å². The standard InChI is InChI=1S/C9H16/c1-5-8(3)7-9(4)6-2/h5,7H,6H2,1-4H3. The third kappa shape index (κ3) is 4.01. The molecule has 0 aliphatic carbocycles. The lowest BCUT2D eigenvalue weighted by Gasteiger charge is -1.93. The molecule has 0 saturated heterocycles. The molecule has 9 heavy (non-hydrogen) atoms. The Labute approximate surface area is 58.3 Å². The third-order valence-corrected chi connectivity index (χ3v) is 1.49. The Hall–Kier alpha value is -0.520. The van der Waals surface area contributed by atoms with Gasteiger partial charge >= 0.3 is 0 Å². The molecule has 0 radical (unpaired) electrons. The van der Waals surface area contributed by atoms with Crippen molar-refractivity contribution >= 4 is 0 Å². The molecule has 0 N–H and O–H groups in total. The van der Waals surface area contributed by atoms with Crippen LogP contribution in [0.25, 0.3) is 0 Å². The molecule has 0 aromatic rings. The monoisotopic (exact) mass is 124 g/mol. The first-order chi connectivity index (χ1) is 4.20. The lowest BCUT2D eigenvalue weighted by molar-refractivity contribution is 1.09. The van der Waals surface area contributed by atoms with Crippen LogP contribution in [0, 0.1) is 0 Å². The first kappa shape index (κ1) is 8.48. The van der Waals surface area contributed by atoms with Crippen LogP contribution >= 0.6 is 0 Å². The summed E-state index contributed by atoms with van der Waals surface area (Å²) in [6.45, 7) is 8.52. The van der Waals surface area contributed by atoms with E-state index in [9.17, 15) is 0 Å². The zero-order valence-corrected chi connectivity index (χ0v) is 6.86. The van der Waals surface area contributed by atoms with Gasteiger partial charge in [0.1, 0.15) is 0 Å². The molecule has 0 nitrogen and oxygen atoms in total. The minimum atomic E-state index is 1.16. The molecule has 0 spiro atoms. The van der Waals surface area contributed by atoms with Crippen LogP contribution in [0.4, 0.5) is 0 Å². The quantitative estimate of drug-likeness (QED) is 0.495. The van der Waals surface area contributed by atoms with E-state index in [4.69, 9.17) is 0 Å². The van der Waals surface area contributed by atoms with Crippen LogP contribution in [0.5, 0.6) is 0 Å². The summed E-state index contributed by atoms with van der Waals surface area (Å²) in [5, 5.41) is 0.